The van der Waals surface area contributed by atoms with Gasteiger partial charge in [0.2, 0.25) is 5.89 Å². The molecular formula is C13H20N4O. The van der Waals surface area contributed by atoms with Crippen LogP contribution in [0.3, 0.4) is 0 Å². The minimum atomic E-state index is 0.588. The van der Waals surface area contributed by atoms with E-state index in [1.165, 1.54) is 38.8 Å². The molecule has 1 N–H and O–H groups in total. The predicted molar refractivity (Wildman–Crippen MR) is 66.1 cm³/mol. The summed E-state index contributed by atoms with van der Waals surface area (Å²) in [6, 6.07) is 0.685. The standard InChI is InChI=1S/C13H20N4O/c1-2-10-6-17(7-11(10)14-5-1)8-12-15-13(16-18-12)9-3-4-9/h9-11,14H,1-8H2. The summed E-state index contributed by atoms with van der Waals surface area (Å²) in [7, 11) is 0. The highest BCUT2D eigenvalue weighted by atomic mass is 16.5. The number of hydrogen-bond acceptors (Lipinski definition) is 5. The third-order valence-electron chi connectivity index (χ3n) is 4.46. The molecule has 0 bridgehead atoms. The molecule has 0 spiro atoms. The van der Waals surface area contributed by atoms with E-state index < -0.39 is 0 Å². The molecule has 18 heavy (non-hydrogen) atoms. The van der Waals surface area contributed by atoms with E-state index in [0.717, 1.165) is 30.7 Å². The lowest BCUT2D eigenvalue weighted by atomic mass is 9.94. The topological polar surface area (TPSA) is 54.2 Å². The zero-order chi connectivity index (χ0) is 11.9. The third-order valence-corrected chi connectivity index (χ3v) is 4.46. The van der Waals surface area contributed by atoms with Crippen LogP contribution in [-0.2, 0) is 6.54 Å². The second-order valence-corrected chi connectivity index (χ2v) is 5.98. The number of fused-ring (bicyclic) bond motifs is 1. The first-order valence-corrected chi connectivity index (χ1v) is 7.17. The lowest BCUT2D eigenvalue weighted by molar-refractivity contribution is 0.258. The van der Waals surface area contributed by atoms with Gasteiger partial charge in [-0.25, -0.2) is 0 Å². The second kappa shape index (κ2) is 4.31. The number of piperidine rings is 1. The zero-order valence-electron chi connectivity index (χ0n) is 10.6. The van der Waals surface area contributed by atoms with E-state index in [1.807, 2.05) is 0 Å². The van der Waals surface area contributed by atoms with Gasteiger partial charge in [-0.1, -0.05) is 5.16 Å². The largest absolute Gasteiger partial charge is 0.338 e. The molecule has 0 amide bonds. The van der Waals surface area contributed by atoms with Crippen LogP contribution in [0.15, 0.2) is 4.52 Å². The Morgan fingerprint density at radius 1 is 1.28 bits per heavy atom. The molecular weight excluding hydrogens is 228 g/mol. The van der Waals surface area contributed by atoms with Crippen molar-refractivity contribution in [3.63, 3.8) is 0 Å². The Labute approximate surface area is 107 Å². The fourth-order valence-corrected chi connectivity index (χ4v) is 3.30. The van der Waals surface area contributed by atoms with Crippen molar-refractivity contribution >= 4 is 0 Å². The first-order valence-electron chi connectivity index (χ1n) is 7.17. The molecule has 3 aliphatic rings. The summed E-state index contributed by atoms with van der Waals surface area (Å²) < 4.78 is 5.36. The number of nitrogens with zero attached hydrogens (tertiary/aromatic N) is 3. The smallest absolute Gasteiger partial charge is 0.240 e. The Kier molecular flexibility index (Phi) is 2.62. The molecule has 3 heterocycles. The van der Waals surface area contributed by atoms with Gasteiger partial charge in [0.05, 0.1) is 6.54 Å². The molecule has 1 aromatic heterocycles. The summed E-state index contributed by atoms with van der Waals surface area (Å²) in [4.78, 5) is 6.97. The monoisotopic (exact) mass is 248 g/mol. The Balaban J connectivity index is 1.39. The summed E-state index contributed by atoms with van der Waals surface area (Å²) in [5, 5.41) is 7.70. The van der Waals surface area contributed by atoms with E-state index in [0.29, 0.717) is 12.0 Å². The molecule has 3 fully saturated rings. The van der Waals surface area contributed by atoms with Gasteiger partial charge in [-0.15, -0.1) is 0 Å². The van der Waals surface area contributed by atoms with Crippen LogP contribution in [0.4, 0.5) is 0 Å². The van der Waals surface area contributed by atoms with E-state index in [9.17, 15) is 0 Å². The lowest BCUT2D eigenvalue weighted by Gasteiger charge is -2.24. The summed E-state index contributed by atoms with van der Waals surface area (Å²) in [5.41, 5.74) is 0. The van der Waals surface area contributed by atoms with Crippen LogP contribution in [0.5, 0.6) is 0 Å². The van der Waals surface area contributed by atoms with E-state index in [2.05, 4.69) is 20.4 Å². The molecule has 0 radical (unpaired) electrons. The summed E-state index contributed by atoms with van der Waals surface area (Å²) in [5.74, 6) is 3.14. The number of likely N-dealkylation sites (tertiary alicyclic amines) is 1. The number of hydrogen-bond donors (Lipinski definition) is 1. The first kappa shape index (κ1) is 10.9. The van der Waals surface area contributed by atoms with Gasteiger partial charge in [0, 0.05) is 25.0 Å². The molecule has 1 aromatic rings. The van der Waals surface area contributed by atoms with Crippen molar-refractivity contribution in [1.29, 1.82) is 0 Å². The van der Waals surface area contributed by atoms with Crippen molar-refractivity contribution in [1.82, 2.24) is 20.4 Å². The Hall–Kier alpha value is -0.940. The van der Waals surface area contributed by atoms with Gasteiger partial charge >= 0.3 is 0 Å². The van der Waals surface area contributed by atoms with Crippen LogP contribution in [0, 0.1) is 5.92 Å². The van der Waals surface area contributed by atoms with Crippen LogP contribution in [0.25, 0.3) is 0 Å². The third kappa shape index (κ3) is 2.06. The number of rotatable bonds is 3. The van der Waals surface area contributed by atoms with Crippen molar-refractivity contribution in [3.05, 3.63) is 11.7 Å². The molecule has 4 rings (SSSR count). The van der Waals surface area contributed by atoms with E-state index in [-0.39, 0.29) is 0 Å². The van der Waals surface area contributed by atoms with Crippen molar-refractivity contribution in [3.8, 4) is 0 Å². The Bertz CT molecular complexity index is 414. The second-order valence-electron chi connectivity index (χ2n) is 5.98. The number of nitrogens with one attached hydrogen (secondary N) is 1. The molecule has 98 valence electrons. The van der Waals surface area contributed by atoms with Crippen LogP contribution in [-0.4, -0.2) is 40.7 Å². The molecule has 1 saturated carbocycles. The molecule has 2 atom stereocenters. The summed E-state index contributed by atoms with van der Waals surface area (Å²) in [6.07, 6.45) is 5.15. The predicted octanol–water partition coefficient (Wildman–Crippen LogP) is 1.13. The first-order chi connectivity index (χ1) is 8.88. The van der Waals surface area contributed by atoms with Gasteiger partial charge in [-0.05, 0) is 38.1 Å². The highest BCUT2D eigenvalue weighted by Gasteiger charge is 2.35. The molecule has 2 unspecified atom stereocenters. The Morgan fingerprint density at radius 2 is 2.22 bits per heavy atom. The fourth-order valence-electron chi connectivity index (χ4n) is 3.30. The maximum Gasteiger partial charge on any atom is 0.240 e. The van der Waals surface area contributed by atoms with Crippen LogP contribution < -0.4 is 5.32 Å². The van der Waals surface area contributed by atoms with Gasteiger partial charge in [-0.3, -0.25) is 4.90 Å². The number of aromatic nitrogens is 2. The van der Waals surface area contributed by atoms with Gasteiger partial charge in [0.25, 0.3) is 0 Å². The van der Waals surface area contributed by atoms with Crippen LogP contribution >= 0.6 is 0 Å². The Morgan fingerprint density at radius 3 is 3.06 bits per heavy atom. The minimum Gasteiger partial charge on any atom is -0.338 e. The summed E-state index contributed by atoms with van der Waals surface area (Å²) >= 11 is 0. The van der Waals surface area contributed by atoms with Gasteiger partial charge in [-0.2, -0.15) is 4.98 Å². The minimum absolute atomic E-state index is 0.588. The quantitative estimate of drug-likeness (QED) is 0.869. The van der Waals surface area contributed by atoms with E-state index in [4.69, 9.17) is 4.52 Å². The van der Waals surface area contributed by atoms with Crippen molar-refractivity contribution in [2.24, 2.45) is 5.92 Å². The SMILES string of the molecule is C1CNC2CN(Cc3nc(C4CC4)no3)CC2C1. The van der Waals surface area contributed by atoms with Gasteiger partial charge < -0.3 is 9.84 Å². The lowest BCUT2D eigenvalue weighted by Crippen LogP contribution is -2.40. The molecule has 0 aromatic carbocycles. The zero-order valence-corrected chi connectivity index (χ0v) is 10.6. The fraction of sp³-hybridized carbons (Fsp3) is 0.846. The average Bonchev–Trinajstić information content (AvgIpc) is 2.99. The van der Waals surface area contributed by atoms with Crippen molar-refractivity contribution in [2.45, 2.75) is 44.2 Å². The highest BCUT2D eigenvalue weighted by Crippen LogP contribution is 2.38. The molecule has 5 heteroatoms. The van der Waals surface area contributed by atoms with E-state index >= 15 is 0 Å². The normalized spacial score (nSPS) is 32.7. The van der Waals surface area contributed by atoms with Gasteiger partial charge in [0.1, 0.15) is 0 Å². The van der Waals surface area contributed by atoms with Gasteiger partial charge in [0.15, 0.2) is 5.82 Å². The van der Waals surface area contributed by atoms with Crippen molar-refractivity contribution in [2.75, 3.05) is 19.6 Å². The highest BCUT2D eigenvalue weighted by molar-refractivity contribution is 5.03. The van der Waals surface area contributed by atoms with Crippen LogP contribution in [0.1, 0.15) is 43.3 Å². The van der Waals surface area contributed by atoms with E-state index in [1.54, 1.807) is 0 Å². The van der Waals surface area contributed by atoms with Crippen molar-refractivity contribution < 1.29 is 4.52 Å². The summed E-state index contributed by atoms with van der Waals surface area (Å²) in [6.45, 7) is 4.32. The molecule has 1 aliphatic carbocycles. The molecule has 2 saturated heterocycles. The maximum absolute atomic E-state index is 5.36. The maximum atomic E-state index is 5.36. The van der Waals surface area contributed by atoms with Crippen LogP contribution in [0.2, 0.25) is 0 Å². The average molecular weight is 248 g/mol. The molecule has 5 nitrogen and oxygen atoms in total. The molecule has 2 aliphatic heterocycles.